The zero-order valence-electron chi connectivity index (χ0n) is 15.4. The lowest BCUT2D eigenvalue weighted by molar-refractivity contribution is -0.0752. The molecule has 0 radical (unpaired) electrons. The second-order valence-corrected chi connectivity index (χ2v) is 10.8. The van der Waals surface area contributed by atoms with Crippen LogP contribution in [0.1, 0.15) is 38.5 Å². The molecule has 2 heterocycles. The maximum atomic E-state index is 6.36. The van der Waals surface area contributed by atoms with E-state index >= 15 is 0 Å². The van der Waals surface area contributed by atoms with Crippen molar-refractivity contribution in [3.63, 3.8) is 0 Å². The highest BCUT2D eigenvalue weighted by molar-refractivity contribution is 5.15. The Morgan fingerprint density at radius 3 is 1.58 bits per heavy atom. The zero-order chi connectivity index (χ0) is 16.6. The van der Waals surface area contributed by atoms with Gasteiger partial charge in [-0.25, -0.2) is 0 Å². The molecule has 0 amide bonds. The van der Waals surface area contributed by atoms with Crippen LogP contribution in [-0.4, -0.2) is 49.8 Å². The lowest BCUT2D eigenvalue weighted by atomic mass is 9.79. The van der Waals surface area contributed by atoms with Crippen LogP contribution in [-0.2, 0) is 18.9 Å². The van der Waals surface area contributed by atoms with Crippen molar-refractivity contribution >= 4 is 0 Å². The Bertz CT molecular complexity index is 584. The van der Waals surface area contributed by atoms with E-state index in [1.807, 2.05) is 0 Å². The van der Waals surface area contributed by atoms with Gasteiger partial charge in [-0.1, -0.05) is 0 Å². The molecule has 14 atom stereocenters. The van der Waals surface area contributed by atoms with E-state index in [2.05, 4.69) is 0 Å². The molecule has 0 N–H and O–H groups in total. The molecule has 8 fully saturated rings. The minimum absolute atomic E-state index is 0.493. The summed E-state index contributed by atoms with van der Waals surface area (Å²) in [6.45, 7) is 1.59. The first-order valence-electron chi connectivity index (χ1n) is 11.4. The molecule has 26 heavy (non-hydrogen) atoms. The standard InChI is InChI=1S/C22H30O4/c1(23-15-5-9-3-13(15)19-11(9)7-17-21(19)25-17)2-24-16-6-10-4-14(16)20-12(10)8-18-22(20)26-18/h9-22H,1-8H2/t9-,10-,11+,12+,13-,14+,15+,16+,17+,18+,19-,20-,21-,22-/m0/s1. The maximum absolute atomic E-state index is 6.36. The van der Waals surface area contributed by atoms with E-state index in [9.17, 15) is 0 Å². The second kappa shape index (κ2) is 4.87. The molecule has 4 bridgehead atoms. The highest BCUT2D eigenvalue weighted by Crippen LogP contribution is 2.65. The summed E-state index contributed by atoms with van der Waals surface area (Å²) in [5, 5.41) is 0. The van der Waals surface area contributed by atoms with E-state index in [0.29, 0.717) is 36.6 Å². The summed E-state index contributed by atoms with van der Waals surface area (Å²) in [5.74, 6) is 7.05. The molecule has 142 valence electrons. The molecular formula is C22H30O4. The third-order valence-electron chi connectivity index (χ3n) is 10.1. The van der Waals surface area contributed by atoms with Gasteiger partial charge < -0.3 is 18.9 Å². The first-order chi connectivity index (χ1) is 12.8. The Hall–Kier alpha value is -0.160. The van der Waals surface area contributed by atoms with Crippen molar-refractivity contribution in [2.75, 3.05) is 13.2 Å². The predicted molar refractivity (Wildman–Crippen MR) is 92.4 cm³/mol. The topological polar surface area (TPSA) is 43.5 Å². The summed E-state index contributed by atoms with van der Waals surface area (Å²) >= 11 is 0. The Kier molecular flexibility index (Phi) is 2.77. The summed E-state index contributed by atoms with van der Waals surface area (Å²) in [6.07, 6.45) is 11.6. The minimum atomic E-state index is 0.493. The Labute approximate surface area is 155 Å². The molecule has 8 rings (SSSR count). The lowest BCUT2D eigenvalue weighted by Gasteiger charge is -2.34. The lowest BCUT2D eigenvalue weighted by Crippen LogP contribution is -2.36. The molecule has 0 aromatic carbocycles. The SMILES string of the molecule is C(CO[C@@H]1C[C@@H]2C[C@H]1[C@@H]1[C@@H]2C[C@H]2O[C@H]12)O[C@@H]1C[C@@H]2C[C@@H]1[C@@H]1[C@@H]2C[C@H]2O[C@H]12. The summed E-state index contributed by atoms with van der Waals surface area (Å²) < 4.78 is 24.4. The summed E-state index contributed by atoms with van der Waals surface area (Å²) in [6, 6.07) is 0. The molecule has 4 nitrogen and oxygen atoms in total. The molecule has 8 aliphatic rings. The van der Waals surface area contributed by atoms with Gasteiger partial charge in [0.1, 0.15) is 0 Å². The fourth-order valence-electron chi connectivity index (χ4n) is 9.28. The van der Waals surface area contributed by atoms with Crippen LogP contribution in [0.25, 0.3) is 0 Å². The average Bonchev–Trinajstić information content (AvgIpc) is 3.19. The first-order valence-corrected chi connectivity index (χ1v) is 11.4. The van der Waals surface area contributed by atoms with E-state index in [-0.39, 0.29) is 0 Å². The van der Waals surface area contributed by atoms with Crippen LogP contribution in [0, 0.1) is 47.3 Å². The maximum Gasteiger partial charge on any atom is 0.0876 e. The highest BCUT2D eigenvalue weighted by atomic mass is 16.6. The highest BCUT2D eigenvalue weighted by Gasteiger charge is 2.67. The Balaban J connectivity index is 0.860. The van der Waals surface area contributed by atoms with Crippen molar-refractivity contribution in [2.24, 2.45) is 47.3 Å². The van der Waals surface area contributed by atoms with Gasteiger partial charge in [-0.15, -0.1) is 0 Å². The molecule has 0 aromatic rings. The van der Waals surface area contributed by atoms with Crippen LogP contribution in [0.4, 0.5) is 0 Å². The number of fused-ring (bicyclic) bond motifs is 14. The van der Waals surface area contributed by atoms with Crippen molar-refractivity contribution in [1.82, 2.24) is 0 Å². The van der Waals surface area contributed by atoms with Gasteiger partial charge in [0.15, 0.2) is 0 Å². The van der Waals surface area contributed by atoms with Crippen molar-refractivity contribution < 1.29 is 18.9 Å². The first kappa shape index (κ1) is 14.8. The number of epoxide rings is 2. The van der Waals surface area contributed by atoms with Crippen molar-refractivity contribution in [2.45, 2.75) is 75.1 Å². The third kappa shape index (κ3) is 1.81. The Morgan fingerprint density at radius 2 is 1.08 bits per heavy atom. The van der Waals surface area contributed by atoms with Gasteiger partial charge >= 0.3 is 0 Å². The summed E-state index contributed by atoms with van der Waals surface area (Å²) in [5.41, 5.74) is 0. The monoisotopic (exact) mass is 358 g/mol. The van der Waals surface area contributed by atoms with Crippen LogP contribution in [0.15, 0.2) is 0 Å². The van der Waals surface area contributed by atoms with Gasteiger partial charge in [0, 0.05) is 0 Å². The van der Waals surface area contributed by atoms with Gasteiger partial charge in [-0.05, 0) is 85.9 Å². The molecule has 4 heteroatoms. The zero-order valence-corrected chi connectivity index (χ0v) is 15.4. The molecule has 2 saturated heterocycles. The second-order valence-electron chi connectivity index (χ2n) is 10.8. The number of rotatable bonds is 5. The summed E-state index contributed by atoms with van der Waals surface area (Å²) in [7, 11) is 0. The number of hydrogen-bond acceptors (Lipinski definition) is 4. The van der Waals surface area contributed by atoms with E-state index in [0.717, 1.165) is 60.6 Å². The largest absolute Gasteiger partial charge is 0.376 e. The van der Waals surface area contributed by atoms with Gasteiger partial charge in [-0.3, -0.25) is 0 Å². The van der Waals surface area contributed by atoms with Gasteiger partial charge in [-0.2, -0.15) is 0 Å². The molecular weight excluding hydrogens is 328 g/mol. The van der Waals surface area contributed by atoms with Gasteiger partial charge in [0.25, 0.3) is 0 Å². The van der Waals surface area contributed by atoms with Crippen LogP contribution in [0.5, 0.6) is 0 Å². The quantitative estimate of drug-likeness (QED) is 0.560. The fourth-order valence-corrected chi connectivity index (χ4v) is 9.28. The third-order valence-corrected chi connectivity index (χ3v) is 10.1. The number of hydrogen-bond donors (Lipinski definition) is 0. The normalized spacial score (nSPS) is 67.4. The summed E-state index contributed by atoms with van der Waals surface area (Å²) in [4.78, 5) is 0. The van der Waals surface area contributed by atoms with E-state index in [1.165, 1.54) is 38.5 Å². The van der Waals surface area contributed by atoms with Gasteiger partial charge in [0.2, 0.25) is 0 Å². The molecule has 6 saturated carbocycles. The smallest absolute Gasteiger partial charge is 0.0876 e. The van der Waals surface area contributed by atoms with E-state index in [1.54, 1.807) is 0 Å². The molecule has 6 aliphatic carbocycles. The molecule has 0 aromatic heterocycles. The van der Waals surface area contributed by atoms with Crippen LogP contribution >= 0.6 is 0 Å². The molecule has 0 spiro atoms. The van der Waals surface area contributed by atoms with E-state index in [4.69, 9.17) is 18.9 Å². The fraction of sp³-hybridized carbons (Fsp3) is 1.00. The number of ether oxygens (including phenoxy) is 4. The average molecular weight is 358 g/mol. The minimum Gasteiger partial charge on any atom is -0.376 e. The van der Waals surface area contributed by atoms with Crippen LogP contribution in [0.3, 0.4) is 0 Å². The predicted octanol–water partition coefficient (Wildman–Crippen LogP) is 2.64. The van der Waals surface area contributed by atoms with Crippen LogP contribution < -0.4 is 0 Å². The van der Waals surface area contributed by atoms with Crippen molar-refractivity contribution in [3.05, 3.63) is 0 Å². The van der Waals surface area contributed by atoms with Crippen molar-refractivity contribution in [3.8, 4) is 0 Å². The Morgan fingerprint density at radius 1 is 0.577 bits per heavy atom. The van der Waals surface area contributed by atoms with Crippen molar-refractivity contribution in [1.29, 1.82) is 0 Å². The molecule has 2 aliphatic heterocycles. The van der Waals surface area contributed by atoms with Gasteiger partial charge in [0.05, 0.1) is 49.8 Å². The molecule has 0 unspecified atom stereocenters. The van der Waals surface area contributed by atoms with Crippen LogP contribution in [0.2, 0.25) is 0 Å². The van der Waals surface area contributed by atoms with E-state index < -0.39 is 0 Å².